The lowest BCUT2D eigenvalue weighted by molar-refractivity contribution is 0.0997. The van der Waals surface area contributed by atoms with E-state index in [9.17, 15) is 9.18 Å². The smallest absolute Gasteiger partial charge is 0.291 e. The molecule has 150 valence electrons. The van der Waals surface area contributed by atoms with Crippen LogP contribution in [0.1, 0.15) is 17.5 Å². The summed E-state index contributed by atoms with van der Waals surface area (Å²) in [6, 6.07) is 17.3. The molecule has 1 fully saturated rings. The van der Waals surface area contributed by atoms with Crippen molar-refractivity contribution in [2.75, 3.05) is 42.9 Å². The second kappa shape index (κ2) is 8.49. The van der Waals surface area contributed by atoms with E-state index >= 15 is 0 Å². The minimum atomic E-state index is -0.385. The summed E-state index contributed by atoms with van der Waals surface area (Å²) in [4.78, 5) is 17.3. The molecule has 1 aliphatic rings. The van der Waals surface area contributed by atoms with Crippen molar-refractivity contribution < 1.29 is 13.6 Å². The van der Waals surface area contributed by atoms with Gasteiger partial charge in [-0.2, -0.15) is 0 Å². The SMILES string of the molecule is CCN1CCN(c2ccc(NC(=O)c3ccc(-c4ccccc4F)o3)cc2)CC1. The van der Waals surface area contributed by atoms with Gasteiger partial charge in [0, 0.05) is 37.6 Å². The number of rotatable bonds is 5. The van der Waals surface area contributed by atoms with Gasteiger partial charge in [0.05, 0.1) is 5.56 Å². The quantitative estimate of drug-likeness (QED) is 0.694. The fourth-order valence-corrected chi connectivity index (χ4v) is 3.54. The van der Waals surface area contributed by atoms with Gasteiger partial charge in [-0.25, -0.2) is 4.39 Å². The highest BCUT2D eigenvalue weighted by atomic mass is 19.1. The van der Waals surface area contributed by atoms with Gasteiger partial charge in [-0.3, -0.25) is 4.79 Å². The third-order valence-corrected chi connectivity index (χ3v) is 5.28. The fourth-order valence-electron chi connectivity index (χ4n) is 3.54. The molecule has 0 saturated carbocycles. The van der Waals surface area contributed by atoms with Crippen LogP contribution in [0.15, 0.2) is 65.1 Å². The van der Waals surface area contributed by atoms with Gasteiger partial charge in [0.15, 0.2) is 5.76 Å². The van der Waals surface area contributed by atoms with E-state index < -0.39 is 0 Å². The summed E-state index contributed by atoms with van der Waals surface area (Å²) in [6.07, 6.45) is 0. The number of carbonyl (C=O) groups is 1. The summed E-state index contributed by atoms with van der Waals surface area (Å²) >= 11 is 0. The second-order valence-corrected chi connectivity index (χ2v) is 7.07. The molecule has 0 atom stereocenters. The maximum Gasteiger partial charge on any atom is 0.291 e. The standard InChI is InChI=1S/C23H24FN3O2/c1-2-26-13-15-27(16-14-26)18-9-7-17(8-10-18)25-23(28)22-12-11-21(29-22)19-5-3-4-6-20(19)24/h3-12H,2,13-16H2,1H3,(H,25,28). The first-order valence-corrected chi connectivity index (χ1v) is 9.87. The van der Waals surface area contributed by atoms with Crippen LogP contribution in [0.25, 0.3) is 11.3 Å². The first kappa shape index (κ1) is 19.2. The number of likely N-dealkylation sites (N-methyl/N-ethyl adjacent to an activating group) is 1. The van der Waals surface area contributed by atoms with Crippen molar-refractivity contribution in [3.63, 3.8) is 0 Å². The monoisotopic (exact) mass is 393 g/mol. The number of hydrogen-bond donors (Lipinski definition) is 1. The number of nitrogens with one attached hydrogen (secondary N) is 1. The Morgan fingerprint density at radius 3 is 2.41 bits per heavy atom. The maximum atomic E-state index is 13.9. The number of hydrogen-bond acceptors (Lipinski definition) is 4. The number of furan rings is 1. The van der Waals surface area contributed by atoms with Crippen LogP contribution in [0.2, 0.25) is 0 Å². The van der Waals surface area contributed by atoms with Gasteiger partial charge >= 0.3 is 0 Å². The first-order chi connectivity index (χ1) is 14.1. The van der Waals surface area contributed by atoms with E-state index in [4.69, 9.17) is 4.42 Å². The lowest BCUT2D eigenvalue weighted by atomic mass is 10.1. The number of halogens is 1. The van der Waals surface area contributed by atoms with Crippen molar-refractivity contribution in [1.82, 2.24) is 4.90 Å². The van der Waals surface area contributed by atoms with E-state index in [0.717, 1.165) is 38.4 Å². The van der Waals surface area contributed by atoms with Gasteiger partial charge in [0.2, 0.25) is 0 Å². The van der Waals surface area contributed by atoms with Crippen LogP contribution >= 0.6 is 0 Å². The Labute approximate surface area is 169 Å². The number of carbonyl (C=O) groups excluding carboxylic acids is 1. The summed E-state index contributed by atoms with van der Waals surface area (Å²) in [5.74, 6) is -0.279. The Morgan fingerprint density at radius 2 is 1.72 bits per heavy atom. The van der Waals surface area contributed by atoms with Gasteiger partial charge in [0.1, 0.15) is 11.6 Å². The van der Waals surface area contributed by atoms with Crippen LogP contribution in [0.3, 0.4) is 0 Å². The molecule has 1 aliphatic heterocycles. The van der Waals surface area contributed by atoms with Crippen LogP contribution in [0, 0.1) is 5.82 Å². The molecule has 0 unspecified atom stereocenters. The highest BCUT2D eigenvalue weighted by molar-refractivity contribution is 6.02. The molecule has 2 aromatic carbocycles. The molecule has 1 aromatic heterocycles. The zero-order valence-electron chi connectivity index (χ0n) is 16.4. The normalized spacial score (nSPS) is 14.8. The van der Waals surface area contributed by atoms with Crippen molar-refractivity contribution in [2.24, 2.45) is 0 Å². The number of anilines is 2. The molecule has 1 saturated heterocycles. The minimum absolute atomic E-state index is 0.142. The van der Waals surface area contributed by atoms with Crippen LogP contribution in [0.4, 0.5) is 15.8 Å². The maximum absolute atomic E-state index is 13.9. The summed E-state index contributed by atoms with van der Waals surface area (Å²) in [5, 5.41) is 2.83. The molecule has 5 nitrogen and oxygen atoms in total. The Kier molecular flexibility index (Phi) is 5.62. The summed E-state index contributed by atoms with van der Waals surface area (Å²) < 4.78 is 19.5. The molecule has 4 rings (SSSR count). The predicted octanol–water partition coefficient (Wildman–Crippen LogP) is 4.48. The Bertz CT molecular complexity index is 976. The van der Waals surface area contributed by atoms with Crippen molar-refractivity contribution >= 4 is 17.3 Å². The highest BCUT2D eigenvalue weighted by Gasteiger charge is 2.17. The molecular weight excluding hydrogens is 369 g/mol. The molecular formula is C23H24FN3O2. The number of benzene rings is 2. The van der Waals surface area contributed by atoms with E-state index in [1.165, 1.54) is 6.07 Å². The van der Waals surface area contributed by atoms with Gasteiger partial charge in [-0.15, -0.1) is 0 Å². The summed E-state index contributed by atoms with van der Waals surface area (Å²) in [7, 11) is 0. The lowest BCUT2D eigenvalue weighted by Gasteiger charge is -2.35. The average Bonchev–Trinajstić information content (AvgIpc) is 3.25. The molecule has 29 heavy (non-hydrogen) atoms. The molecule has 3 aromatic rings. The molecule has 0 bridgehead atoms. The van der Waals surface area contributed by atoms with Gasteiger partial charge in [-0.05, 0) is 55.1 Å². The number of nitrogens with zero attached hydrogens (tertiary/aromatic N) is 2. The van der Waals surface area contributed by atoms with E-state index in [2.05, 4.69) is 22.0 Å². The van der Waals surface area contributed by atoms with Crippen LogP contribution in [-0.2, 0) is 0 Å². The zero-order valence-corrected chi connectivity index (χ0v) is 16.4. The largest absolute Gasteiger partial charge is 0.451 e. The molecule has 1 amide bonds. The number of amides is 1. The fraction of sp³-hybridized carbons (Fsp3) is 0.261. The van der Waals surface area contributed by atoms with Crippen molar-refractivity contribution in [3.05, 3.63) is 72.2 Å². The van der Waals surface area contributed by atoms with E-state index in [1.807, 2.05) is 24.3 Å². The third-order valence-electron chi connectivity index (χ3n) is 5.28. The summed E-state index contributed by atoms with van der Waals surface area (Å²) in [5.41, 5.74) is 2.17. The Balaban J connectivity index is 1.40. The van der Waals surface area contributed by atoms with Crippen molar-refractivity contribution in [1.29, 1.82) is 0 Å². The van der Waals surface area contributed by atoms with Gasteiger partial charge in [0.25, 0.3) is 5.91 Å². The van der Waals surface area contributed by atoms with E-state index in [0.29, 0.717) is 17.0 Å². The average molecular weight is 393 g/mol. The van der Waals surface area contributed by atoms with Crippen LogP contribution < -0.4 is 10.2 Å². The van der Waals surface area contributed by atoms with Crippen LogP contribution in [0.5, 0.6) is 0 Å². The third kappa shape index (κ3) is 4.32. The number of piperazine rings is 1. The molecule has 6 heteroatoms. The predicted molar refractivity (Wildman–Crippen MR) is 113 cm³/mol. The Morgan fingerprint density at radius 1 is 1.00 bits per heavy atom. The van der Waals surface area contributed by atoms with Crippen molar-refractivity contribution in [3.8, 4) is 11.3 Å². The molecule has 0 spiro atoms. The second-order valence-electron chi connectivity index (χ2n) is 7.07. The molecule has 0 radical (unpaired) electrons. The lowest BCUT2D eigenvalue weighted by Crippen LogP contribution is -2.46. The van der Waals surface area contributed by atoms with Gasteiger partial charge in [-0.1, -0.05) is 19.1 Å². The molecule has 1 N–H and O–H groups in total. The minimum Gasteiger partial charge on any atom is -0.451 e. The van der Waals surface area contributed by atoms with E-state index in [1.54, 1.807) is 30.3 Å². The first-order valence-electron chi connectivity index (χ1n) is 9.87. The van der Waals surface area contributed by atoms with Gasteiger partial charge < -0.3 is 19.5 Å². The topological polar surface area (TPSA) is 48.7 Å². The highest BCUT2D eigenvalue weighted by Crippen LogP contribution is 2.25. The Hall–Kier alpha value is -3.12. The van der Waals surface area contributed by atoms with E-state index in [-0.39, 0.29) is 17.5 Å². The summed E-state index contributed by atoms with van der Waals surface area (Å²) in [6.45, 7) is 7.42. The zero-order chi connectivity index (χ0) is 20.2. The molecule has 2 heterocycles. The molecule has 0 aliphatic carbocycles. The van der Waals surface area contributed by atoms with Crippen LogP contribution in [-0.4, -0.2) is 43.5 Å². The van der Waals surface area contributed by atoms with Crippen molar-refractivity contribution in [2.45, 2.75) is 6.92 Å².